The number of aromatic nitrogens is 1. The lowest BCUT2D eigenvalue weighted by Crippen LogP contribution is -2.11. The second-order valence-electron chi connectivity index (χ2n) is 4.80. The molecule has 0 atom stereocenters. The molecule has 1 amide bonds. The van der Waals surface area contributed by atoms with Crippen LogP contribution in [0.25, 0.3) is 0 Å². The number of amides is 1. The Labute approximate surface area is 119 Å². The molecule has 104 valence electrons. The van der Waals surface area contributed by atoms with E-state index < -0.39 is 0 Å². The fraction of sp³-hybridized carbons (Fsp3) is 0.250. The van der Waals surface area contributed by atoms with Gasteiger partial charge in [0.15, 0.2) is 0 Å². The van der Waals surface area contributed by atoms with Crippen molar-refractivity contribution in [3.63, 3.8) is 0 Å². The largest absolute Gasteiger partial charge is 0.384 e. The molecule has 0 radical (unpaired) electrons. The molecular weight excluding hydrogens is 250 g/mol. The van der Waals surface area contributed by atoms with E-state index in [0.717, 1.165) is 12.8 Å². The molecule has 4 nitrogen and oxygen atoms in total. The molecule has 2 aromatic rings. The quantitative estimate of drug-likeness (QED) is 0.877. The summed E-state index contributed by atoms with van der Waals surface area (Å²) < 4.78 is 0. The number of rotatable bonds is 5. The van der Waals surface area contributed by atoms with Crippen LogP contribution in [0.15, 0.2) is 42.6 Å². The van der Waals surface area contributed by atoms with Gasteiger partial charge in [0.05, 0.1) is 11.9 Å². The summed E-state index contributed by atoms with van der Waals surface area (Å²) >= 11 is 0. The van der Waals surface area contributed by atoms with Crippen molar-refractivity contribution in [1.29, 1.82) is 0 Å². The third kappa shape index (κ3) is 4.09. The minimum absolute atomic E-state index is 0.00477. The lowest BCUT2D eigenvalue weighted by Gasteiger charge is -2.06. The van der Waals surface area contributed by atoms with Gasteiger partial charge in [-0.15, -0.1) is 0 Å². The molecule has 0 bridgehead atoms. The van der Waals surface area contributed by atoms with Gasteiger partial charge in [-0.3, -0.25) is 4.79 Å². The topological polar surface area (TPSA) is 68.0 Å². The number of nitrogens with two attached hydrogens (primary N) is 1. The molecule has 0 fully saturated rings. The number of benzene rings is 1. The Morgan fingerprint density at radius 1 is 1.25 bits per heavy atom. The summed E-state index contributed by atoms with van der Waals surface area (Å²) in [6.45, 7) is 2.09. The van der Waals surface area contributed by atoms with Crippen molar-refractivity contribution in [3.05, 3.63) is 53.7 Å². The van der Waals surface area contributed by atoms with Gasteiger partial charge in [-0.2, -0.15) is 0 Å². The Hall–Kier alpha value is -2.36. The lowest BCUT2D eigenvalue weighted by molar-refractivity contribution is -0.116. The Balaban J connectivity index is 1.78. The molecule has 1 aromatic carbocycles. The number of carbonyl (C=O) groups is 1. The second-order valence-corrected chi connectivity index (χ2v) is 4.80. The van der Waals surface area contributed by atoms with Crippen LogP contribution in [0, 0.1) is 6.92 Å². The van der Waals surface area contributed by atoms with Crippen molar-refractivity contribution in [3.8, 4) is 0 Å². The number of aryl methyl sites for hydroxylation is 2. The van der Waals surface area contributed by atoms with Crippen LogP contribution in [-0.4, -0.2) is 10.9 Å². The number of hydrogen-bond donors (Lipinski definition) is 2. The van der Waals surface area contributed by atoms with Gasteiger partial charge in [0.2, 0.25) is 5.91 Å². The molecule has 0 aliphatic heterocycles. The molecule has 0 aliphatic carbocycles. The Bertz CT molecular complexity index is 579. The Kier molecular flexibility index (Phi) is 4.71. The van der Waals surface area contributed by atoms with Crippen LogP contribution in [0.5, 0.6) is 0 Å². The SMILES string of the molecule is Cc1ccccc1CCCC(=O)Nc1ccc(N)nc1. The number of nitrogens with zero attached hydrogens (tertiary/aromatic N) is 1. The van der Waals surface area contributed by atoms with Crippen molar-refractivity contribution in [2.45, 2.75) is 26.2 Å². The third-order valence-corrected chi connectivity index (χ3v) is 3.18. The summed E-state index contributed by atoms with van der Waals surface area (Å²) in [6.07, 6.45) is 3.81. The first-order chi connectivity index (χ1) is 9.65. The van der Waals surface area contributed by atoms with Crippen molar-refractivity contribution in [2.75, 3.05) is 11.1 Å². The summed E-state index contributed by atoms with van der Waals surface area (Å²) in [5, 5.41) is 2.81. The van der Waals surface area contributed by atoms with E-state index in [1.165, 1.54) is 11.1 Å². The van der Waals surface area contributed by atoms with Crippen molar-refractivity contribution in [2.24, 2.45) is 0 Å². The van der Waals surface area contributed by atoms with E-state index in [2.05, 4.69) is 29.4 Å². The van der Waals surface area contributed by atoms with Gasteiger partial charge in [-0.05, 0) is 43.0 Å². The van der Waals surface area contributed by atoms with Crippen LogP contribution < -0.4 is 11.1 Å². The van der Waals surface area contributed by atoms with Crippen molar-refractivity contribution < 1.29 is 4.79 Å². The van der Waals surface area contributed by atoms with Gasteiger partial charge in [0, 0.05) is 6.42 Å². The molecule has 0 saturated carbocycles. The van der Waals surface area contributed by atoms with Crippen LogP contribution in [0.1, 0.15) is 24.0 Å². The highest BCUT2D eigenvalue weighted by Gasteiger charge is 2.04. The first-order valence-corrected chi connectivity index (χ1v) is 6.71. The monoisotopic (exact) mass is 269 g/mol. The van der Waals surface area contributed by atoms with Gasteiger partial charge < -0.3 is 11.1 Å². The molecule has 20 heavy (non-hydrogen) atoms. The fourth-order valence-corrected chi connectivity index (χ4v) is 2.03. The smallest absolute Gasteiger partial charge is 0.224 e. The number of nitrogen functional groups attached to an aromatic ring is 1. The van der Waals surface area contributed by atoms with Crippen molar-refractivity contribution in [1.82, 2.24) is 4.98 Å². The van der Waals surface area contributed by atoms with Gasteiger partial charge in [-0.1, -0.05) is 24.3 Å². The van der Waals surface area contributed by atoms with E-state index >= 15 is 0 Å². The summed E-state index contributed by atoms with van der Waals surface area (Å²) in [7, 11) is 0. The van der Waals surface area contributed by atoms with Gasteiger partial charge in [-0.25, -0.2) is 4.98 Å². The highest BCUT2D eigenvalue weighted by Crippen LogP contribution is 2.12. The number of nitrogens with one attached hydrogen (secondary N) is 1. The molecule has 0 unspecified atom stereocenters. The molecule has 4 heteroatoms. The van der Waals surface area contributed by atoms with Gasteiger partial charge in [0.25, 0.3) is 0 Å². The van der Waals surface area contributed by atoms with Gasteiger partial charge in [0.1, 0.15) is 5.82 Å². The average molecular weight is 269 g/mol. The molecule has 2 rings (SSSR count). The van der Waals surface area contributed by atoms with Crippen LogP contribution >= 0.6 is 0 Å². The zero-order valence-corrected chi connectivity index (χ0v) is 11.6. The number of pyridine rings is 1. The fourth-order valence-electron chi connectivity index (χ4n) is 2.03. The minimum Gasteiger partial charge on any atom is -0.384 e. The van der Waals surface area contributed by atoms with E-state index in [4.69, 9.17) is 5.73 Å². The zero-order valence-electron chi connectivity index (χ0n) is 11.6. The number of hydrogen-bond acceptors (Lipinski definition) is 3. The minimum atomic E-state index is 0.00477. The highest BCUT2D eigenvalue weighted by atomic mass is 16.1. The second kappa shape index (κ2) is 6.70. The van der Waals surface area contributed by atoms with Crippen LogP contribution in [-0.2, 0) is 11.2 Å². The molecular formula is C16H19N3O. The van der Waals surface area contributed by atoms with E-state index in [9.17, 15) is 4.79 Å². The number of anilines is 2. The normalized spacial score (nSPS) is 10.2. The van der Waals surface area contributed by atoms with E-state index in [0.29, 0.717) is 17.9 Å². The van der Waals surface area contributed by atoms with E-state index in [-0.39, 0.29) is 5.91 Å². The predicted molar refractivity (Wildman–Crippen MR) is 81.4 cm³/mol. The molecule has 0 aliphatic rings. The predicted octanol–water partition coefficient (Wildman–Crippen LogP) is 2.93. The highest BCUT2D eigenvalue weighted by molar-refractivity contribution is 5.90. The summed E-state index contributed by atoms with van der Waals surface area (Å²) in [5.41, 5.74) is 8.75. The first kappa shape index (κ1) is 14.1. The molecule has 1 heterocycles. The molecule has 0 spiro atoms. The maximum atomic E-state index is 11.8. The van der Waals surface area contributed by atoms with Gasteiger partial charge >= 0.3 is 0 Å². The lowest BCUT2D eigenvalue weighted by atomic mass is 10.0. The maximum Gasteiger partial charge on any atom is 0.224 e. The van der Waals surface area contributed by atoms with Crippen LogP contribution in [0.3, 0.4) is 0 Å². The third-order valence-electron chi connectivity index (χ3n) is 3.18. The molecule has 3 N–H and O–H groups in total. The Morgan fingerprint density at radius 3 is 2.75 bits per heavy atom. The summed E-state index contributed by atoms with van der Waals surface area (Å²) in [4.78, 5) is 15.7. The van der Waals surface area contributed by atoms with Crippen LogP contribution in [0.2, 0.25) is 0 Å². The van der Waals surface area contributed by atoms with Crippen LogP contribution in [0.4, 0.5) is 11.5 Å². The summed E-state index contributed by atoms with van der Waals surface area (Å²) in [6, 6.07) is 11.7. The van der Waals surface area contributed by atoms with E-state index in [1.54, 1.807) is 18.3 Å². The maximum absolute atomic E-state index is 11.8. The molecule has 0 saturated heterocycles. The van der Waals surface area contributed by atoms with E-state index in [1.807, 2.05) is 12.1 Å². The first-order valence-electron chi connectivity index (χ1n) is 6.71. The standard InChI is InChI=1S/C16H19N3O/c1-12-5-2-3-6-13(12)7-4-8-16(20)19-14-9-10-15(17)18-11-14/h2-3,5-6,9-11H,4,7-8H2,1H3,(H2,17,18)(H,19,20). The molecule has 1 aromatic heterocycles. The summed E-state index contributed by atoms with van der Waals surface area (Å²) in [5.74, 6) is 0.452. The Morgan fingerprint density at radius 2 is 2.05 bits per heavy atom. The zero-order chi connectivity index (χ0) is 14.4. The van der Waals surface area contributed by atoms with Crippen molar-refractivity contribution >= 4 is 17.4 Å². The number of carbonyl (C=O) groups excluding carboxylic acids is 1. The average Bonchev–Trinajstić information content (AvgIpc) is 2.43.